The van der Waals surface area contributed by atoms with Crippen LogP contribution >= 0.6 is 0 Å². The van der Waals surface area contributed by atoms with Crippen LogP contribution in [-0.2, 0) is 4.79 Å². The predicted molar refractivity (Wildman–Crippen MR) is 100 cm³/mol. The molecule has 0 radical (unpaired) electrons. The first-order valence-electron chi connectivity index (χ1n) is 8.26. The number of para-hydroxylation sites is 2. The molecule has 2 aromatic carbocycles. The Morgan fingerprint density at radius 3 is 2.62 bits per heavy atom. The van der Waals surface area contributed by atoms with E-state index >= 15 is 0 Å². The Kier molecular flexibility index (Phi) is 4.93. The predicted octanol–water partition coefficient (Wildman–Crippen LogP) is 3.79. The van der Waals surface area contributed by atoms with Gasteiger partial charge in [0.15, 0.2) is 0 Å². The average Bonchev–Trinajstić information content (AvgIpc) is 3.05. The summed E-state index contributed by atoms with van der Waals surface area (Å²) in [7, 11) is 1.55. The van der Waals surface area contributed by atoms with Gasteiger partial charge < -0.3 is 19.8 Å². The van der Waals surface area contributed by atoms with Gasteiger partial charge in [-0.05, 0) is 44.2 Å². The minimum absolute atomic E-state index is 0.0511. The summed E-state index contributed by atoms with van der Waals surface area (Å²) < 4.78 is 10.9. The van der Waals surface area contributed by atoms with Crippen molar-refractivity contribution in [3.8, 4) is 11.5 Å². The van der Waals surface area contributed by atoms with E-state index in [2.05, 4.69) is 10.3 Å². The molecule has 26 heavy (non-hydrogen) atoms. The molecule has 0 aliphatic heterocycles. The molecule has 0 spiro atoms. The van der Waals surface area contributed by atoms with Gasteiger partial charge in [0, 0.05) is 17.1 Å². The number of rotatable bonds is 6. The number of aromatic nitrogens is 1. The van der Waals surface area contributed by atoms with Gasteiger partial charge in [-0.15, -0.1) is 0 Å². The molecule has 0 aliphatic rings. The molecule has 1 aromatic heterocycles. The van der Waals surface area contributed by atoms with Crippen LogP contribution in [0.2, 0.25) is 0 Å². The van der Waals surface area contributed by atoms with Gasteiger partial charge in [0.1, 0.15) is 11.5 Å². The molecule has 134 valence electrons. The molecule has 0 saturated heterocycles. The van der Waals surface area contributed by atoms with E-state index in [0.29, 0.717) is 28.1 Å². The Morgan fingerprint density at radius 1 is 1.12 bits per heavy atom. The maximum atomic E-state index is 12.6. The van der Waals surface area contributed by atoms with Crippen LogP contribution in [0.1, 0.15) is 24.2 Å². The zero-order valence-electron chi connectivity index (χ0n) is 14.8. The number of hydrogen-bond donors (Lipinski definition) is 2. The topological polar surface area (TPSA) is 80.4 Å². The summed E-state index contributed by atoms with van der Waals surface area (Å²) in [6.07, 6.45) is 1.48. The number of benzene rings is 2. The van der Waals surface area contributed by atoms with Crippen molar-refractivity contribution in [3.63, 3.8) is 0 Å². The van der Waals surface area contributed by atoms with Crippen LogP contribution in [-0.4, -0.2) is 29.9 Å². The van der Waals surface area contributed by atoms with Crippen molar-refractivity contribution >= 4 is 28.3 Å². The minimum Gasteiger partial charge on any atom is -0.497 e. The van der Waals surface area contributed by atoms with Crippen LogP contribution in [0.4, 0.5) is 5.69 Å². The zero-order valence-corrected chi connectivity index (χ0v) is 14.8. The van der Waals surface area contributed by atoms with E-state index in [0.717, 1.165) is 5.52 Å². The third-order valence-electron chi connectivity index (χ3n) is 3.84. The number of carbonyl (C=O) groups is 2. The summed E-state index contributed by atoms with van der Waals surface area (Å²) in [6.45, 7) is 3.78. The summed E-state index contributed by atoms with van der Waals surface area (Å²) >= 11 is 0. The van der Waals surface area contributed by atoms with Gasteiger partial charge in [-0.3, -0.25) is 9.59 Å². The fourth-order valence-corrected chi connectivity index (χ4v) is 2.64. The Labute approximate surface area is 151 Å². The number of methoxy groups -OCH3 is 1. The number of anilines is 1. The Hall–Kier alpha value is -3.28. The number of ether oxygens (including phenoxy) is 2. The summed E-state index contributed by atoms with van der Waals surface area (Å²) in [4.78, 5) is 28.1. The van der Waals surface area contributed by atoms with Gasteiger partial charge >= 0.3 is 0 Å². The molecule has 0 atom stereocenters. The van der Waals surface area contributed by atoms with Crippen molar-refractivity contribution in [2.45, 2.75) is 20.0 Å². The SMILES string of the molecule is COc1ccc2[nH]cc(C(=O)C(=O)Nc3ccccc3OC(C)C)c2c1. The highest BCUT2D eigenvalue weighted by Crippen LogP contribution is 2.27. The Morgan fingerprint density at radius 2 is 1.88 bits per heavy atom. The number of carbonyl (C=O) groups excluding carboxylic acids is 2. The van der Waals surface area contributed by atoms with Gasteiger partial charge in [0.2, 0.25) is 0 Å². The largest absolute Gasteiger partial charge is 0.497 e. The standard InChI is InChI=1S/C20H20N2O4/c1-12(2)26-18-7-5-4-6-17(18)22-20(24)19(23)15-11-21-16-9-8-13(25-3)10-14(15)16/h4-12,21H,1-3H3,(H,22,24). The van der Waals surface area contributed by atoms with Crippen molar-refractivity contribution in [2.24, 2.45) is 0 Å². The number of nitrogens with one attached hydrogen (secondary N) is 2. The van der Waals surface area contributed by atoms with E-state index in [4.69, 9.17) is 9.47 Å². The lowest BCUT2D eigenvalue weighted by Gasteiger charge is -2.14. The third kappa shape index (κ3) is 3.54. The molecule has 0 bridgehead atoms. The second-order valence-corrected chi connectivity index (χ2v) is 6.06. The van der Waals surface area contributed by atoms with Gasteiger partial charge in [-0.25, -0.2) is 0 Å². The molecule has 0 aliphatic carbocycles. The summed E-state index contributed by atoms with van der Waals surface area (Å²) in [5.74, 6) is -0.233. The second kappa shape index (κ2) is 7.31. The van der Waals surface area contributed by atoms with Crippen molar-refractivity contribution in [1.29, 1.82) is 0 Å². The molecule has 1 heterocycles. The highest BCUT2D eigenvalue weighted by molar-refractivity contribution is 6.48. The van der Waals surface area contributed by atoms with Crippen LogP contribution in [0.3, 0.4) is 0 Å². The molecule has 0 fully saturated rings. The molecular weight excluding hydrogens is 332 g/mol. The monoisotopic (exact) mass is 352 g/mol. The highest BCUT2D eigenvalue weighted by Gasteiger charge is 2.21. The lowest BCUT2D eigenvalue weighted by atomic mass is 10.1. The fourth-order valence-electron chi connectivity index (χ4n) is 2.64. The maximum absolute atomic E-state index is 12.6. The first-order valence-corrected chi connectivity index (χ1v) is 8.26. The van der Waals surface area contributed by atoms with Crippen molar-refractivity contribution < 1.29 is 19.1 Å². The summed E-state index contributed by atoms with van der Waals surface area (Å²) in [5.41, 5.74) is 1.50. The minimum atomic E-state index is -0.728. The highest BCUT2D eigenvalue weighted by atomic mass is 16.5. The van der Waals surface area contributed by atoms with Crippen LogP contribution in [0.15, 0.2) is 48.7 Å². The second-order valence-electron chi connectivity index (χ2n) is 6.06. The zero-order chi connectivity index (χ0) is 18.7. The van der Waals surface area contributed by atoms with Crippen molar-refractivity contribution in [3.05, 3.63) is 54.2 Å². The molecule has 1 amide bonds. The Balaban J connectivity index is 1.86. The van der Waals surface area contributed by atoms with E-state index in [1.807, 2.05) is 13.8 Å². The molecule has 3 aromatic rings. The molecule has 6 heteroatoms. The molecule has 3 rings (SSSR count). The number of fused-ring (bicyclic) bond motifs is 1. The summed E-state index contributed by atoms with van der Waals surface area (Å²) in [6, 6.07) is 12.3. The lowest BCUT2D eigenvalue weighted by Crippen LogP contribution is -2.23. The fraction of sp³-hybridized carbons (Fsp3) is 0.200. The van der Waals surface area contributed by atoms with Gasteiger partial charge in [0.05, 0.1) is 24.5 Å². The third-order valence-corrected chi connectivity index (χ3v) is 3.84. The van der Waals surface area contributed by atoms with Crippen LogP contribution in [0, 0.1) is 0 Å². The first kappa shape index (κ1) is 17.5. The maximum Gasteiger partial charge on any atom is 0.296 e. The molecule has 0 saturated carbocycles. The molecule has 2 N–H and O–H groups in total. The van der Waals surface area contributed by atoms with E-state index in [1.54, 1.807) is 49.6 Å². The number of amides is 1. The number of hydrogen-bond acceptors (Lipinski definition) is 4. The van der Waals surface area contributed by atoms with E-state index in [1.165, 1.54) is 6.20 Å². The number of Topliss-reactive ketones (excluding diaryl/α,β-unsaturated/α-hetero) is 1. The molecular formula is C20H20N2O4. The van der Waals surface area contributed by atoms with Gasteiger partial charge in [-0.2, -0.15) is 0 Å². The van der Waals surface area contributed by atoms with Crippen LogP contribution in [0.25, 0.3) is 10.9 Å². The van der Waals surface area contributed by atoms with Gasteiger partial charge in [0.25, 0.3) is 11.7 Å². The quantitative estimate of drug-likeness (QED) is 0.522. The van der Waals surface area contributed by atoms with E-state index in [9.17, 15) is 9.59 Å². The first-order chi connectivity index (χ1) is 12.5. The van der Waals surface area contributed by atoms with Crippen molar-refractivity contribution in [1.82, 2.24) is 4.98 Å². The van der Waals surface area contributed by atoms with Crippen molar-refractivity contribution in [2.75, 3.05) is 12.4 Å². The number of H-pyrrole nitrogens is 1. The lowest BCUT2D eigenvalue weighted by molar-refractivity contribution is -0.112. The number of aromatic amines is 1. The average molecular weight is 352 g/mol. The molecule has 6 nitrogen and oxygen atoms in total. The summed E-state index contributed by atoms with van der Waals surface area (Å²) in [5, 5.41) is 3.27. The smallest absolute Gasteiger partial charge is 0.296 e. The van der Waals surface area contributed by atoms with Crippen LogP contribution in [0.5, 0.6) is 11.5 Å². The van der Waals surface area contributed by atoms with Crippen LogP contribution < -0.4 is 14.8 Å². The van der Waals surface area contributed by atoms with E-state index < -0.39 is 11.7 Å². The molecule has 0 unspecified atom stereocenters. The van der Waals surface area contributed by atoms with Gasteiger partial charge in [-0.1, -0.05) is 12.1 Å². The Bertz CT molecular complexity index is 959. The van der Waals surface area contributed by atoms with E-state index in [-0.39, 0.29) is 6.10 Å². The normalized spacial score (nSPS) is 10.8. The number of ketones is 1.